The van der Waals surface area contributed by atoms with E-state index in [-0.39, 0.29) is 18.0 Å². The molecule has 0 aromatic heterocycles. The average molecular weight is 327 g/mol. The van der Waals surface area contributed by atoms with E-state index >= 15 is 0 Å². The maximum absolute atomic E-state index is 6.62. The zero-order valence-corrected chi connectivity index (χ0v) is 16.5. The Hall–Kier alpha value is -0.120. The Kier molecular flexibility index (Phi) is 6.19. The van der Waals surface area contributed by atoms with E-state index in [1.165, 1.54) is 0 Å². The second-order valence-corrected chi connectivity index (χ2v) is 8.18. The minimum absolute atomic E-state index is 0.108. The summed E-state index contributed by atoms with van der Waals surface area (Å²) in [5, 5.41) is 0. The lowest BCUT2D eigenvalue weighted by atomic mass is 9.78. The van der Waals surface area contributed by atoms with E-state index in [0.717, 1.165) is 19.3 Å². The van der Waals surface area contributed by atoms with Crippen LogP contribution in [0.2, 0.25) is 0 Å². The Morgan fingerprint density at radius 2 is 1.43 bits per heavy atom. The summed E-state index contributed by atoms with van der Waals surface area (Å²) in [6.45, 7) is 18.0. The molecule has 0 N–H and O–H groups in total. The van der Waals surface area contributed by atoms with E-state index < -0.39 is 0 Å². The molecule has 2 fully saturated rings. The van der Waals surface area contributed by atoms with Crippen LogP contribution in [0.3, 0.4) is 0 Å². The maximum Gasteiger partial charge on any atom is 0.161 e. The van der Waals surface area contributed by atoms with Crippen molar-refractivity contribution in [3.63, 3.8) is 0 Å². The van der Waals surface area contributed by atoms with Gasteiger partial charge in [-0.05, 0) is 38.0 Å². The number of hydrogen-bond donors (Lipinski definition) is 0. The van der Waals surface area contributed by atoms with Gasteiger partial charge >= 0.3 is 0 Å². The molecule has 0 aromatic rings. The SMILES string of the molecule is CC[C@@H]1OC(C)(CC)C(O[C@@H]2O[C@H](CC)C(C)[C@H](C)C2C)C1C. The van der Waals surface area contributed by atoms with Crippen LogP contribution in [0.25, 0.3) is 0 Å². The van der Waals surface area contributed by atoms with Gasteiger partial charge in [-0.1, -0.05) is 48.5 Å². The summed E-state index contributed by atoms with van der Waals surface area (Å²) in [4.78, 5) is 0. The van der Waals surface area contributed by atoms with Gasteiger partial charge in [-0.3, -0.25) is 0 Å². The standard InChI is InChI=1S/C20H38O3/c1-9-16-13(5)12(4)14(6)19(21-16)22-18-15(7)17(10-2)23-20(18,8)11-3/h12-19H,9-11H2,1-8H3/t12-,13?,14?,15?,16+,17-,18?,19-,20?/m0/s1. The summed E-state index contributed by atoms with van der Waals surface area (Å²) < 4.78 is 19.4. The minimum atomic E-state index is -0.197. The van der Waals surface area contributed by atoms with Crippen molar-refractivity contribution in [2.45, 2.75) is 105 Å². The number of rotatable bonds is 5. The first-order valence-corrected chi connectivity index (χ1v) is 9.77. The Balaban J connectivity index is 2.15. The van der Waals surface area contributed by atoms with Crippen LogP contribution in [0, 0.1) is 23.7 Å². The largest absolute Gasteiger partial charge is 0.369 e. The Morgan fingerprint density at radius 3 is 1.96 bits per heavy atom. The van der Waals surface area contributed by atoms with Crippen molar-refractivity contribution in [2.75, 3.05) is 0 Å². The van der Waals surface area contributed by atoms with Crippen LogP contribution < -0.4 is 0 Å². The molecule has 5 unspecified atom stereocenters. The van der Waals surface area contributed by atoms with Gasteiger partial charge in [0.2, 0.25) is 0 Å². The normalized spacial score (nSPS) is 51.1. The van der Waals surface area contributed by atoms with Gasteiger partial charge in [-0.2, -0.15) is 0 Å². The molecule has 0 spiro atoms. The average Bonchev–Trinajstić information content (AvgIpc) is 2.79. The molecule has 0 radical (unpaired) electrons. The van der Waals surface area contributed by atoms with Crippen LogP contribution in [0.5, 0.6) is 0 Å². The maximum atomic E-state index is 6.62. The predicted octanol–water partition coefficient (Wildman–Crippen LogP) is 5.03. The third kappa shape index (κ3) is 3.48. The lowest BCUT2D eigenvalue weighted by molar-refractivity contribution is -0.279. The van der Waals surface area contributed by atoms with Gasteiger partial charge in [0, 0.05) is 11.8 Å². The van der Waals surface area contributed by atoms with Crippen LogP contribution in [0.4, 0.5) is 0 Å². The van der Waals surface area contributed by atoms with Crippen molar-refractivity contribution in [1.82, 2.24) is 0 Å². The summed E-state index contributed by atoms with van der Waals surface area (Å²) in [6.07, 6.45) is 3.68. The zero-order valence-electron chi connectivity index (χ0n) is 16.5. The summed E-state index contributed by atoms with van der Waals surface area (Å²) in [5.74, 6) is 2.04. The summed E-state index contributed by atoms with van der Waals surface area (Å²) in [6, 6.07) is 0. The fourth-order valence-corrected chi connectivity index (χ4v) is 4.53. The quantitative estimate of drug-likeness (QED) is 0.709. The third-order valence-corrected chi connectivity index (χ3v) is 6.86. The highest BCUT2D eigenvalue weighted by Crippen LogP contribution is 2.44. The molecule has 136 valence electrons. The Labute approximate surface area is 143 Å². The van der Waals surface area contributed by atoms with Crippen LogP contribution >= 0.6 is 0 Å². The van der Waals surface area contributed by atoms with E-state index in [4.69, 9.17) is 14.2 Å². The monoisotopic (exact) mass is 326 g/mol. The molecule has 3 nitrogen and oxygen atoms in total. The second-order valence-electron chi connectivity index (χ2n) is 8.18. The van der Waals surface area contributed by atoms with Crippen LogP contribution in [0.15, 0.2) is 0 Å². The Bertz CT molecular complexity index is 383. The third-order valence-electron chi connectivity index (χ3n) is 6.86. The molecule has 0 saturated carbocycles. The van der Waals surface area contributed by atoms with Gasteiger partial charge in [-0.15, -0.1) is 0 Å². The zero-order chi connectivity index (χ0) is 17.4. The summed E-state index contributed by atoms with van der Waals surface area (Å²) >= 11 is 0. The van der Waals surface area contributed by atoms with E-state index in [1.54, 1.807) is 0 Å². The van der Waals surface area contributed by atoms with Crippen molar-refractivity contribution in [1.29, 1.82) is 0 Å². The van der Waals surface area contributed by atoms with Crippen LogP contribution in [-0.4, -0.2) is 30.2 Å². The molecule has 23 heavy (non-hydrogen) atoms. The first-order valence-electron chi connectivity index (χ1n) is 9.77. The molecule has 3 heteroatoms. The van der Waals surface area contributed by atoms with Crippen molar-refractivity contribution >= 4 is 0 Å². The molecule has 0 amide bonds. The molecule has 9 atom stereocenters. The molecule has 0 aromatic carbocycles. The number of hydrogen-bond acceptors (Lipinski definition) is 3. The van der Waals surface area contributed by atoms with Crippen LogP contribution in [0.1, 0.15) is 74.7 Å². The predicted molar refractivity (Wildman–Crippen MR) is 94.3 cm³/mol. The Morgan fingerprint density at radius 1 is 0.826 bits per heavy atom. The second kappa shape index (κ2) is 7.41. The molecule has 2 aliphatic heterocycles. The van der Waals surface area contributed by atoms with E-state index in [1.807, 2.05) is 0 Å². The van der Waals surface area contributed by atoms with Crippen molar-refractivity contribution in [2.24, 2.45) is 23.7 Å². The molecule has 2 aliphatic rings. The lowest BCUT2D eigenvalue weighted by Gasteiger charge is -2.45. The van der Waals surface area contributed by atoms with E-state index in [9.17, 15) is 0 Å². The van der Waals surface area contributed by atoms with Crippen molar-refractivity contribution < 1.29 is 14.2 Å². The van der Waals surface area contributed by atoms with E-state index in [0.29, 0.717) is 35.9 Å². The topological polar surface area (TPSA) is 27.7 Å². The molecule has 0 aliphatic carbocycles. The van der Waals surface area contributed by atoms with Gasteiger partial charge in [0.25, 0.3) is 0 Å². The summed E-state index contributed by atoms with van der Waals surface area (Å²) in [7, 11) is 0. The first kappa shape index (κ1) is 19.2. The summed E-state index contributed by atoms with van der Waals surface area (Å²) in [5.41, 5.74) is -0.197. The van der Waals surface area contributed by atoms with Gasteiger partial charge in [0.05, 0.1) is 23.9 Å². The van der Waals surface area contributed by atoms with Gasteiger partial charge in [0.1, 0.15) is 0 Å². The first-order chi connectivity index (χ1) is 10.8. The fraction of sp³-hybridized carbons (Fsp3) is 1.00. The molecule has 0 bridgehead atoms. The minimum Gasteiger partial charge on any atom is -0.369 e. The highest BCUT2D eigenvalue weighted by atomic mass is 16.7. The van der Waals surface area contributed by atoms with Gasteiger partial charge in [-0.25, -0.2) is 0 Å². The smallest absolute Gasteiger partial charge is 0.161 e. The molecular weight excluding hydrogens is 288 g/mol. The van der Waals surface area contributed by atoms with Gasteiger partial charge in [0.15, 0.2) is 6.29 Å². The fourth-order valence-electron chi connectivity index (χ4n) is 4.53. The van der Waals surface area contributed by atoms with E-state index in [2.05, 4.69) is 55.4 Å². The molecule has 2 heterocycles. The molecular formula is C20H38O3. The van der Waals surface area contributed by atoms with Gasteiger partial charge < -0.3 is 14.2 Å². The van der Waals surface area contributed by atoms with Crippen LogP contribution in [-0.2, 0) is 14.2 Å². The van der Waals surface area contributed by atoms with Crippen molar-refractivity contribution in [3.8, 4) is 0 Å². The highest BCUT2D eigenvalue weighted by molar-refractivity contribution is 4.98. The lowest BCUT2D eigenvalue weighted by Crippen LogP contribution is -2.50. The van der Waals surface area contributed by atoms with Crippen molar-refractivity contribution in [3.05, 3.63) is 0 Å². The molecule has 2 rings (SSSR count). The molecule has 2 saturated heterocycles. The number of ether oxygens (including phenoxy) is 3. The highest BCUT2D eigenvalue weighted by Gasteiger charge is 2.51.